The minimum atomic E-state index is -3.71. The normalized spacial score (nSPS) is 24.1. The Bertz CT molecular complexity index is 838. The van der Waals surface area contributed by atoms with E-state index < -0.39 is 10.0 Å². The molecule has 1 aliphatic heterocycles. The molecule has 1 aromatic carbocycles. The summed E-state index contributed by atoms with van der Waals surface area (Å²) in [6.45, 7) is 3.41. The molecule has 0 saturated heterocycles. The van der Waals surface area contributed by atoms with Gasteiger partial charge < -0.3 is 15.5 Å². The van der Waals surface area contributed by atoms with Gasteiger partial charge in [-0.2, -0.15) is 4.31 Å². The molecule has 1 aromatic rings. The molecule has 8 nitrogen and oxygen atoms in total. The summed E-state index contributed by atoms with van der Waals surface area (Å²) in [4.78, 5) is 26.3. The molecule has 9 heteroatoms. The zero-order chi connectivity index (χ0) is 20.7. The molecule has 2 bridgehead atoms. The van der Waals surface area contributed by atoms with Crippen LogP contribution in [0.4, 0.5) is 0 Å². The van der Waals surface area contributed by atoms with Crippen molar-refractivity contribution >= 4 is 21.8 Å². The molecule has 28 heavy (non-hydrogen) atoms. The van der Waals surface area contributed by atoms with Gasteiger partial charge in [-0.1, -0.05) is 18.2 Å². The van der Waals surface area contributed by atoms with E-state index in [0.29, 0.717) is 26.1 Å². The summed E-state index contributed by atoms with van der Waals surface area (Å²) in [6, 6.07) is 5.79. The monoisotopic (exact) mass is 408 g/mol. The number of hydrogen-bond acceptors (Lipinski definition) is 5. The van der Waals surface area contributed by atoms with Crippen molar-refractivity contribution in [2.45, 2.75) is 24.3 Å². The van der Waals surface area contributed by atoms with Crippen molar-refractivity contribution in [3.8, 4) is 0 Å². The molecule has 0 aliphatic carbocycles. The van der Waals surface area contributed by atoms with Gasteiger partial charge in [0.15, 0.2) is 0 Å². The van der Waals surface area contributed by atoms with Crippen LogP contribution in [-0.4, -0.2) is 75.8 Å². The van der Waals surface area contributed by atoms with Gasteiger partial charge in [0.2, 0.25) is 15.9 Å². The smallest absolute Gasteiger partial charge is 0.253 e. The molecule has 0 fully saturated rings. The number of hydrogen-bond donors (Lipinski definition) is 2. The van der Waals surface area contributed by atoms with Crippen LogP contribution in [0.3, 0.4) is 0 Å². The number of carbonyl (C=O) groups excluding carboxylic acids is 2. The van der Waals surface area contributed by atoms with Crippen molar-refractivity contribution in [1.29, 1.82) is 0 Å². The van der Waals surface area contributed by atoms with Gasteiger partial charge in [-0.3, -0.25) is 9.59 Å². The molecule has 0 spiro atoms. The number of carbonyl (C=O) groups is 2. The predicted molar refractivity (Wildman–Crippen MR) is 107 cm³/mol. The molecule has 0 radical (unpaired) electrons. The number of rotatable bonds is 0. The molecule has 0 saturated carbocycles. The van der Waals surface area contributed by atoms with Crippen LogP contribution in [0, 0.1) is 0 Å². The van der Waals surface area contributed by atoms with Gasteiger partial charge in [0, 0.05) is 58.3 Å². The topological polar surface area (TPSA) is 98.8 Å². The van der Waals surface area contributed by atoms with E-state index in [1.165, 1.54) is 28.4 Å². The molecule has 1 aliphatic rings. The molecular formula is C19H28N4O4S. The maximum atomic E-state index is 12.8. The minimum absolute atomic E-state index is 0.0721. The van der Waals surface area contributed by atoms with E-state index in [4.69, 9.17) is 0 Å². The van der Waals surface area contributed by atoms with E-state index in [1.807, 2.05) is 13.0 Å². The van der Waals surface area contributed by atoms with Gasteiger partial charge in [-0.05, 0) is 25.1 Å². The van der Waals surface area contributed by atoms with Crippen LogP contribution in [0.25, 0.3) is 0 Å². The molecule has 1 heterocycles. The van der Waals surface area contributed by atoms with Gasteiger partial charge in [0.1, 0.15) is 0 Å². The Labute approximate surface area is 166 Å². The van der Waals surface area contributed by atoms with Crippen LogP contribution in [-0.2, 0) is 14.8 Å². The van der Waals surface area contributed by atoms with Crippen molar-refractivity contribution < 1.29 is 18.0 Å². The number of nitrogens with one attached hydrogen (secondary N) is 2. The van der Waals surface area contributed by atoms with Crippen molar-refractivity contribution in [2.75, 3.05) is 40.3 Å². The maximum absolute atomic E-state index is 12.8. The fourth-order valence-electron chi connectivity index (χ4n) is 2.65. The van der Waals surface area contributed by atoms with Crippen molar-refractivity contribution in [1.82, 2.24) is 19.8 Å². The summed E-state index contributed by atoms with van der Waals surface area (Å²) in [7, 11) is -0.572. The van der Waals surface area contributed by atoms with E-state index in [-0.39, 0.29) is 34.9 Å². The maximum Gasteiger partial charge on any atom is 0.253 e. The van der Waals surface area contributed by atoms with E-state index in [0.717, 1.165) is 0 Å². The van der Waals surface area contributed by atoms with Crippen LogP contribution in [0.5, 0.6) is 0 Å². The summed E-state index contributed by atoms with van der Waals surface area (Å²) >= 11 is 0. The highest BCUT2D eigenvalue weighted by Crippen LogP contribution is 2.17. The van der Waals surface area contributed by atoms with E-state index in [2.05, 4.69) is 10.6 Å². The molecule has 0 aromatic heterocycles. The second kappa shape index (κ2) is 9.81. The summed E-state index contributed by atoms with van der Waals surface area (Å²) in [5.41, 5.74) is 0.288. The van der Waals surface area contributed by atoms with Gasteiger partial charge in [0.25, 0.3) is 5.91 Å². The molecule has 1 atom stereocenters. The average molecular weight is 409 g/mol. The van der Waals surface area contributed by atoms with Crippen LogP contribution in [0.2, 0.25) is 0 Å². The minimum Gasteiger partial charge on any atom is -0.354 e. The lowest BCUT2D eigenvalue weighted by atomic mass is 10.1. The largest absolute Gasteiger partial charge is 0.354 e. The highest BCUT2D eigenvalue weighted by molar-refractivity contribution is 7.89. The Morgan fingerprint density at radius 2 is 1.89 bits per heavy atom. The number of nitrogens with zero attached hydrogens (tertiary/aromatic N) is 2. The molecular weight excluding hydrogens is 380 g/mol. The van der Waals surface area contributed by atoms with Crippen LogP contribution in [0.1, 0.15) is 23.7 Å². The average Bonchev–Trinajstić information content (AvgIpc) is 2.69. The summed E-state index contributed by atoms with van der Waals surface area (Å²) in [5, 5.41) is 5.93. The van der Waals surface area contributed by atoms with Crippen molar-refractivity contribution in [3.63, 3.8) is 0 Å². The fraction of sp³-hybridized carbons (Fsp3) is 0.474. The highest BCUT2D eigenvalue weighted by Gasteiger charge is 2.23. The SMILES string of the molecule is CC1CNC(=O)CCNC/C=C\CN(C)S(=O)(=O)c2cccc(c2)C(=O)N1C. The Hall–Kier alpha value is -2.23. The van der Waals surface area contributed by atoms with Crippen LogP contribution in [0.15, 0.2) is 41.3 Å². The second-order valence-corrected chi connectivity index (χ2v) is 8.85. The highest BCUT2D eigenvalue weighted by atomic mass is 32.2. The Morgan fingerprint density at radius 3 is 2.64 bits per heavy atom. The van der Waals surface area contributed by atoms with Crippen molar-refractivity contribution in [3.05, 3.63) is 42.0 Å². The van der Waals surface area contributed by atoms with Gasteiger partial charge in [-0.15, -0.1) is 0 Å². The Balaban J connectivity index is 2.31. The second-order valence-electron chi connectivity index (χ2n) is 6.81. The standard InChI is InChI=1S/C19H28N4O4S/c1-15-14-21-18(24)9-11-20-10-4-5-12-22(2)28(26,27)17-8-6-7-16(13-17)19(25)23(15)3/h4-8,13,15,20H,9-12,14H2,1-3H3,(H,21,24)/b5-4-. The number of fused-ring (bicyclic) bond motifs is 2. The van der Waals surface area contributed by atoms with Crippen molar-refractivity contribution in [2.24, 2.45) is 0 Å². The number of sulfonamides is 1. The zero-order valence-corrected chi connectivity index (χ0v) is 17.3. The first kappa shape index (κ1) is 22.1. The predicted octanol–water partition coefficient (Wildman–Crippen LogP) is 0.433. The Morgan fingerprint density at radius 1 is 1.14 bits per heavy atom. The first-order valence-corrected chi connectivity index (χ1v) is 10.6. The third-order valence-electron chi connectivity index (χ3n) is 4.69. The zero-order valence-electron chi connectivity index (χ0n) is 16.5. The number of likely N-dealkylation sites (N-methyl/N-ethyl adjacent to an activating group) is 2. The lowest BCUT2D eigenvalue weighted by molar-refractivity contribution is -0.121. The van der Waals surface area contributed by atoms with Crippen LogP contribution >= 0.6 is 0 Å². The lowest BCUT2D eigenvalue weighted by Gasteiger charge is -2.25. The number of amides is 2. The van der Waals surface area contributed by atoms with Crippen LogP contribution < -0.4 is 10.6 Å². The first-order valence-electron chi connectivity index (χ1n) is 9.19. The van der Waals surface area contributed by atoms with E-state index in [1.54, 1.807) is 25.3 Å². The molecule has 2 amide bonds. The van der Waals surface area contributed by atoms with Gasteiger partial charge >= 0.3 is 0 Å². The summed E-state index contributed by atoms with van der Waals surface area (Å²) in [6.07, 6.45) is 3.90. The fourth-order valence-corrected chi connectivity index (χ4v) is 3.82. The first-order chi connectivity index (χ1) is 13.2. The van der Waals surface area contributed by atoms with Gasteiger partial charge in [-0.25, -0.2) is 8.42 Å². The molecule has 2 rings (SSSR count). The van der Waals surface area contributed by atoms with Gasteiger partial charge in [0.05, 0.1) is 4.90 Å². The summed E-state index contributed by atoms with van der Waals surface area (Å²) in [5.74, 6) is -0.387. The molecule has 154 valence electrons. The molecule has 1 unspecified atom stereocenters. The van der Waals surface area contributed by atoms with E-state index in [9.17, 15) is 18.0 Å². The lowest BCUT2D eigenvalue weighted by Crippen LogP contribution is -2.43. The Kier molecular flexibility index (Phi) is 7.73. The molecule has 2 N–H and O–H groups in total. The quantitative estimate of drug-likeness (QED) is 0.607. The summed E-state index contributed by atoms with van der Waals surface area (Å²) < 4.78 is 26.8. The van der Waals surface area contributed by atoms with E-state index >= 15 is 0 Å². The number of benzene rings is 1. The third-order valence-corrected chi connectivity index (χ3v) is 6.50. The third kappa shape index (κ3) is 5.63.